The lowest BCUT2D eigenvalue weighted by Crippen LogP contribution is -2.61. The standard InChI is InChI=1S/C34H35N3O5/c38-32(31-23-29(35-42-31)27-13-5-2-6-14-27)37-20-22-41-34(25-37)18-10-9-16-28-15-7-8-17-30(28)40-21-19-36(33(34)39)24-26-11-3-1-4-12-26/h1-8,11-15,17,23H,9-10,16,18-22,24-25H2. The van der Waals surface area contributed by atoms with Crippen molar-refractivity contribution in [3.8, 4) is 17.0 Å². The molecule has 8 heteroatoms. The molecule has 1 unspecified atom stereocenters. The zero-order chi connectivity index (χ0) is 28.8. The summed E-state index contributed by atoms with van der Waals surface area (Å²) in [5.74, 6) is 0.604. The maximum Gasteiger partial charge on any atom is 0.292 e. The average molecular weight is 566 g/mol. The van der Waals surface area contributed by atoms with E-state index in [1.165, 1.54) is 0 Å². The van der Waals surface area contributed by atoms with E-state index in [1.54, 1.807) is 11.0 Å². The lowest BCUT2D eigenvalue weighted by Gasteiger charge is -2.44. The molecule has 0 aliphatic carbocycles. The van der Waals surface area contributed by atoms with Crippen molar-refractivity contribution in [2.75, 3.05) is 32.8 Å². The quantitative estimate of drug-likeness (QED) is 0.330. The molecular weight excluding hydrogens is 530 g/mol. The summed E-state index contributed by atoms with van der Waals surface area (Å²) < 4.78 is 18.1. The van der Waals surface area contributed by atoms with Crippen LogP contribution in [0.5, 0.6) is 5.75 Å². The minimum absolute atomic E-state index is 0.121. The Morgan fingerprint density at radius 3 is 2.48 bits per heavy atom. The normalized spacial score (nSPS) is 19.9. The van der Waals surface area contributed by atoms with Gasteiger partial charge in [-0.1, -0.05) is 84.0 Å². The van der Waals surface area contributed by atoms with Crippen LogP contribution in [0.15, 0.2) is 95.5 Å². The number of morpholine rings is 1. The van der Waals surface area contributed by atoms with E-state index < -0.39 is 5.60 Å². The molecule has 0 N–H and O–H groups in total. The van der Waals surface area contributed by atoms with Gasteiger partial charge in [0.2, 0.25) is 5.76 Å². The van der Waals surface area contributed by atoms with Crippen molar-refractivity contribution in [1.82, 2.24) is 15.0 Å². The monoisotopic (exact) mass is 565 g/mol. The van der Waals surface area contributed by atoms with E-state index in [1.807, 2.05) is 83.8 Å². The molecule has 216 valence electrons. The van der Waals surface area contributed by atoms with E-state index >= 15 is 0 Å². The van der Waals surface area contributed by atoms with Crippen molar-refractivity contribution in [2.45, 2.75) is 37.8 Å². The number of hydrogen-bond acceptors (Lipinski definition) is 6. The first-order valence-electron chi connectivity index (χ1n) is 14.6. The largest absolute Gasteiger partial charge is 0.491 e. The van der Waals surface area contributed by atoms with Gasteiger partial charge in [-0.25, -0.2) is 0 Å². The Morgan fingerprint density at radius 2 is 1.64 bits per heavy atom. The van der Waals surface area contributed by atoms with Gasteiger partial charge >= 0.3 is 0 Å². The molecule has 1 atom stereocenters. The van der Waals surface area contributed by atoms with Gasteiger partial charge in [-0.05, 0) is 42.9 Å². The van der Waals surface area contributed by atoms with Crippen LogP contribution in [0.2, 0.25) is 0 Å². The highest BCUT2D eigenvalue weighted by atomic mass is 16.5. The van der Waals surface area contributed by atoms with Gasteiger partial charge in [0.15, 0.2) is 5.60 Å². The number of carbonyl (C=O) groups excluding carboxylic acids is 2. The van der Waals surface area contributed by atoms with Gasteiger partial charge in [0.25, 0.3) is 11.8 Å². The number of rotatable bonds is 4. The minimum atomic E-state index is -1.16. The van der Waals surface area contributed by atoms with E-state index in [2.05, 4.69) is 11.2 Å². The summed E-state index contributed by atoms with van der Waals surface area (Å²) in [6, 6.07) is 29.3. The number of aromatic nitrogens is 1. The Kier molecular flexibility index (Phi) is 8.33. The van der Waals surface area contributed by atoms with Gasteiger partial charge in [0.05, 0.1) is 19.7 Å². The first-order chi connectivity index (χ1) is 20.6. The molecule has 2 aliphatic rings. The molecule has 3 aromatic carbocycles. The maximum atomic E-state index is 14.5. The van der Waals surface area contributed by atoms with Crippen LogP contribution in [0.4, 0.5) is 0 Å². The lowest BCUT2D eigenvalue weighted by atomic mass is 9.90. The molecule has 1 spiro atoms. The van der Waals surface area contributed by atoms with Crippen LogP contribution in [0.1, 0.15) is 40.9 Å². The first-order valence-corrected chi connectivity index (χ1v) is 14.6. The number of hydrogen-bond donors (Lipinski definition) is 0. The molecule has 6 rings (SSSR count). The summed E-state index contributed by atoms with van der Waals surface area (Å²) in [7, 11) is 0. The molecule has 0 bridgehead atoms. The van der Waals surface area contributed by atoms with Crippen molar-refractivity contribution < 1.29 is 23.6 Å². The molecule has 0 radical (unpaired) electrons. The van der Waals surface area contributed by atoms with Crippen LogP contribution in [-0.2, 0) is 22.5 Å². The predicted octanol–water partition coefficient (Wildman–Crippen LogP) is 5.39. The Bertz CT molecular complexity index is 1510. The predicted molar refractivity (Wildman–Crippen MR) is 158 cm³/mol. The van der Waals surface area contributed by atoms with Crippen LogP contribution < -0.4 is 4.74 Å². The van der Waals surface area contributed by atoms with Gasteiger partial charge in [0.1, 0.15) is 18.1 Å². The van der Waals surface area contributed by atoms with Crippen LogP contribution in [0.3, 0.4) is 0 Å². The van der Waals surface area contributed by atoms with Crippen molar-refractivity contribution in [2.24, 2.45) is 0 Å². The number of fused-ring (bicyclic) bond motifs is 1. The topological polar surface area (TPSA) is 85.1 Å². The second-order valence-electron chi connectivity index (χ2n) is 10.9. The molecule has 0 saturated carbocycles. The van der Waals surface area contributed by atoms with Gasteiger partial charge in [0, 0.05) is 24.7 Å². The van der Waals surface area contributed by atoms with Gasteiger partial charge < -0.3 is 23.8 Å². The number of carbonyl (C=O) groups is 2. The van der Waals surface area contributed by atoms with Crippen LogP contribution >= 0.6 is 0 Å². The molecule has 4 aromatic rings. The highest BCUT2D eigenvalue weighted by Crippen LogP contribution is 2.31. The van der Waals surface area contributed by atoms with Crippen molar-refractivity contribution in [3.63, 3.8) is 0 Å². The summed E-state index contributed by atoms with van der Waals surface area (Å²) >= 11 is 0. The molecule has 1 saturated heterocycles. The third-order valence-corrected chi connectivity index (χ3v) is 8.02. The highest BCUT2D eigenvalue weighted by molar-refractivity contribution is 5.94. The average Bonchev–Trinajstić information content (AvgIpc) is 3.54. The number of benzene rings is 3. The Labute approximate surface area is 245 Å². The van der Waals surface area contributed by atoms with E-state index in [0.717, 1.165) is 41.7 Å². The molecule has 3 heterocycles. The Hall–Kier alpha value is -4.43. The third kappa shape index (κ3) is 6.09. The molecule has 2 aliphatic heterocycles. The summed E-state index contributed by atoms with van der Waals surface area (Å²) in [4.78, 5) is 31.6. The molecule has 1 fully saturated rings. The SMILES string of the molecule is O=C(c1cc(-c2ccccc2)no1)N1CCOC2(CCCCc3ccccc3OCCN(Cc3ccccc3)C2=O)C1. The minimum Gasteiger partial charge on any atom is -0.491 e. The van der Waals surface area contributed by atoms with E-state index in [-0.39, 0.29) is 30.7 Å². The summed E-state index contributed by atoms with van der Waals surface area (Å²) in [5.41, 5.74) is 2.48. The van der Waals surface area contributed by atoms with E-state index in [4.69, 9.17) is 14.0 Å². The van der Waals surface area contributed by atoms with Crippen LogP contribution in [-0.4, -0.2) is 65.2 Å². The number of amides is 2. The van der Waals surface area contributed by atoms with Crippen molar-refractivity contribution in [3.05, 3.63) is 108 Å². The van der Waals surface area contributed by atoms with Crippen LogP contribution in [0, 0.1) is 0 Å². The molecule has 2 amide bonds. The Morgan fingerprint density at radius 1 is 0.881 bits per heavy atom. The molecule has 42 heavy (non-hydrogen) atoms. The van der Waals surface area contributed by atoms with Gasteiger partial charge in [-0.2, -0.15) is 0 Å². The van der Waals surface area contributed by atoms with Gasteiger partial charge in [-0.15, -0.1) is 0 Å². The second kappa shape index (κ2) is 12.6. The fraction of sp³-hybridized carbons (Fsp3) is 0.324. The molecule has 1 aromatic heterocycles. The third-order valence-electron chi connectivity index (χ3n) is 8.02. The fourth-order valence-corrected chi connectivity index (χ4v) is 5.81. The summed E-state index contributed by atoms with van der Waals surface area (Å²) in [5, 5.41) is 4.13. The van der Waals surface area contributed by atoms with Crippen molar-refractivity contribution in [1.29, 1.82) is 0 Å². The summed E-state index contributed by atoms with van der Waals surface area (Å²) in [6.45, 7) is 1.94. The summed E-state index contributed by atoms with van der Waals surface area (Å²) in [6.07, 6.45) is 2.99. The maximum absolute atomic E-state index is 14.5. The van der Waals surface area contributed by atoms with E-state index in [9.17, 15) is 9.59 Å². The zero-order valence-electron chi connectivity index (χ0n) is 23.6. The molecular formula is C34H35N3O5. The van der Waals surface area contributed by atoms with Gasteiger partial charge in [-0.3, -0.25) is 9.59 Å². The lowest BCUT2D eigenvalue weighted by molar-refractivity contribution is -0.171. The van der Waals surface area contributed by atoms with E-state index in [0.29, 0.717) is 38.4 Å². The molecule has 8 nitrogen and oxygen atoms in total. The second-order valence-corrected chi connectivity index (χ2v) is 10.9. The number of ether oxygens (including phenoxy) is 2. The number of para-hydroxylation sites is 1. The highest BCUT2D eigenvalue weighted by Gasteiger charge is 2.47. The Balaban J connectivity index is 1.27. The smallest absolute Gasteiger partial charge is 0.292 e. The zero-order valence-corrected chi connectivity index (χ0v) is 23.6. The van der Waals surface area contributed by atoms with Crippen LogP contribution in [0.25, 0.3) is 11.3 Å². The first kappa shape index (κ1) is 27.7. The number of aryl methyl sites for hydroxylation is 1. The number of nitrogens with zero attached hydrogens (tertiary/aromatic N) is 3. The fourth-order valence-electron chi connectivity index (χ4n) is 5.81. The van der Waals surface area contributed by atoms with Crippen molar-refractivity contribution >= 4 is 11.8 Å².